The highest BCUT2D eigenvalue weighted by Gasteiger charge is 2.10. The van der Waals surface area contributed by atoms with Gasteiger partial charge in [-0.25, -0.2) is 0 Å². The second-order valence-corrected chi connectivity index (χ2v) is 5.81. The van der Waals surface area contributed by atoms with Crippen molar-refractivity contribution in [2.45, 2.75) is 26.3 Å². The van der Waals surface area contributed by atoms with Crippen LogP contribution < -0.4 is 15.2 Å². The molecule has 0 aliphatic carbocycles. The molecule has 2 aromatic rings. The number of ether oxygens (including phenoxy) is 2. The minimum atomic E-state index is -0.0929. The maximum atomic E-state index is 6.00. The van der Waals surface area contributed by atoms with Gasteiger partial charge in [-0.3, -0.25) is 0 Å². The van der Waals surface area contributed by atoms with E-state index in [9.17, 15) is 0 Å². The molecule has 0 aromatic heterocycles. The van der Waals surface area contributed by atoms with E-state index in [1.165, 1.54) is 0 Å². The quantitative estimate of drug-likeness (QED) is 0.793. The Morgan fingerprint density at radius 1 is 1.10 bits per heavy atom. The standard InChI is InChI=1S/C17H20BrNO2/c1-3-10-20-14-5-7-15(8-6-14)21-17-9-4-13(18)11-16(17)12(2)19/h4-9,11-12H,3,10,19H2,1-2H3. The third kappa shape index (κ3) is 4.48. The first kappa shape index (κ1) is 15.9. The molecule has 0 spiro atoms. The fourth-order valence-electron chi connectivity index (χ4n) is 1.92. The van der Waals surface area contributed by atoms with Crippen LogP contribution in [0.4, 0.5) is 0 Å². The van der Waals surface area contributed by atoms with E-state index in [0.29, 0.717) is 0 Å². The molecule has 0 saturated carbocycles. The lowest BCUT2D eigenvalue weighted by atomic mass is 10.1. The largest absolute Gasteiger partial charge is 0.494 e. The summed E-state index contributed by atoms with van der Waals surface area (Å²) < 4.78 is 12.5. The van der Waals surface area contributed by atoms with E-state index >= 15 is 0 Å². The maximum absolute atomic E-state index is 6.00. The molecule has 1 atom stereocenters. The summed E-state index contributed by atoms with van der Waals surface area (Å²) in [4.78, 5) is 0. The van der Waals surface area contributed by atoms with Crippen LogP contribution in [0.15, 0.2) is 46.9 Å². The molecule has 4 heteroatoms. The fourth-order valence-corrected chi connectivity index (χ4v) is 2.30. The van der Waals surface area contributed by atoms with Crippen LogP contribution in [0, 0.1) is 0 Å². The van der Waals surface area contributed by atoms with Crippen molar-refractivity contribution in [2.75, 3.05) is 6.61 Å². The van der Waals surface area contributed by atoms with E-state index in [-0.39, 0.29) is 6.04 Å². The first-order valence-corrected chi connectivity index (χ1v) is 7.85. The second-order valence-electron chi connectivity index (χ2n) is 4.89. The van der Waals surface area contributed by atoms with Crippen molar-refractivity contribution in [3.63, 3.8) is 0 Å². The Morgan fingerprint density at radius 2 is 1.76 bits per heavy atom. The Balaban J connectivity index is 2.14. The van der Waals surface area contributed by atoms with Gasteiger partial charge in [-0.1, -0.05) is 22.9 Å². The summed E-state index contributed by atoms with van der Waals surface area (Å²) in [7, 11) is 0. The molecule has 2 aromatic carbocycles. The van der Waals surface area contributed by atoms with Gasteiger partial charge in [-0.2, -0.15) is 0 Å². The topological polar surface area (TPSA) is 44.5 Å². The summed E-state index contributed by atoms with van der Waals surface area (Å²) in [6.07, 6.45) is 0.995. The van der Waals surface area contributed by atoms with E-state index < -0.39 is 0 Å². The van der Waals surface area contributed by atoms with Crippen molar-refractivity contribution in [1.82, 2.24) is 0 Å². The summed E-state index contributed by atoms with van der Waals surface area (Å²) in [5, 5.41) is 0. The highest BCUT2D eigenvalue weighted by Crippen LogP contribution is 2.31. The molecular weight excluding hydrogens is 330 g/mol. The number of hydrogen-bond acceptors (Lipinski definition) is 3. The average molecular weight is 350 g/mol. The van der Waals surface area contributed by atoms with E-state index in [2.05, 4.69) is 22.9 Å². The van der Waals surface area contributed by atoms with Crippen molar-refractivity contribution >= 4 is 15.9 Å². The van der Waals surface area contributed by atoms with E-state index in [4.69, 9.17) is 15.2 Å². The number of halogens is 1. The van der Waals surface area contributed by atoms with Gasteiger partial charge in [0.2, 0.25) is 0 Å². The lowest BCUT2D eigenvalue weighted by Crippen LogP contribution is -2.06. The van der Waals surface area contributed by atoms with Crippen molar-refractivity contribution in [3.8, 4) is 17.2 Å². The average Bonchev–Trinajstić information content (AvgIpc) is 2.48. The van der Waals surface area contributed by atoms with Crippen molar-refractivity contribution in [3.05, 3.63) is 52.5 Å². The normalized spacial score (nSPS) is 12.0. The minimum Gasteiger partial charge on any atom is -0.494 e. The van der Waals surface area contributed by atoms with Gasteiger partial charge in [0.05, 0.1) is 6.61 Å². The lowest BCUT2D eigenvalue weighted by molar-refractivity contribution is 0.317. The van der Waals surface area contributed by atoms with Crippen LogP contribution in [0.1, 0.15) is 31.9 Å². The fraction of sp³-hybridized carbons (Fsp3) is 0.294. The molecule has 2 rings (SSSR count). The first-order valence-electron chi connectivity index (χ1n) is 7.06. The number of hydrogen-bond donors (Lipinski definition) is 1. The van der Waals surface area contributed by atoms with Gasteiger partial charge < -0.3 is 15.2 Å². The number of benzene rings is 2. The molecule has 0 fully saturated rings. The zero-order valence-electron chi connectivity index (χ0n) is 12.3. The van der Waals surface area contributed by atoms with Crippen LogP contribution in [0.25, 0.3) is 0 Å². The molecule has 0 heterocycles. The Labute approximate surface area is 134 Å². The highest BCUT2D eigenvalue weighted by molar-refractivity contribution is 9.10. The smallest absolute Gasteiger partial charge is 0.132 e. The molecule has 2 N–H and O–H groups in total. The molecule has 0 bridgehead atoms. The minimum absolute atomic E-state index is 0.0929. The SMILES string of the molecule is CCCOc1ccc(Oc2ccc(Br)cc2C(C)N)cc1. The van der Waals surface area contributed by atoms with Gasteiger partial charge in [0.25, 0.3) is 0 Å². The number of rotatable bonds is 6. The Kier molecular flexibility index (Phi) is 5.65. The van der Waals surface area contributed by atoms with Crippen molar-refractivity contribution < 1.29 is 9.47 Å². The van der Waals surface area contributed by atoms with Crippen LogP contribution >= 0.6 is 15.9 Å². The summed E-state index contributed by atoms with van der Waals surface area (Å²) in [5.74, 6) is 2.39. The second kappa shape index (κ2) is 7.48. The zero-order valence-corrected chi connectivity index (χ0v) is 13.9. The van der Waals surface area contributed by atoms with Gasteiger partial charge >= 0.3 is 0 Å². The van der Waals surface area contributed by atoms with Crippen molar-refractivity contribution in [2.24, 2.45) is 5.73 Å². The van der Waals surface area contributed by atoms with Crippen LogP contribution in [-0.4, -0.2) is 6.61 Å². The molecule has 3 nitrogen and oxygen atoms in total. The summed E-state index contributed by atoms with van der Waals surface area (Å²) >= 11 is 3.46. The molecule has 0 saturated heterocycles. The molecule has 112 valence electrons. The van der Waals surface area contributed by atoms with Crippen LogP contribution in [-0.2, 0) is 0 Å². The maximum Gasteiger partial charge on any atom is 0.132 e. The highest BCUT2D eigenvalue weighted by atomic mass is 79.9. The third-order valence-corrected chi connectivity index (χ3v) is 3.48. The van der Waals surface area contributed by atoms with Gasteiger partial charge in [-0.05, 0) is 55.8 Å². The van der Waals surface area contributed by atoms with Crippen LogP contribution in [0.3, 0.4) is 0 Å². The number of nitrogens with two attached hydrogens (primary N) is 1. The molecule has 0 radical (unpaired) electrons. The zero-order chi connectivity index (χ0) is 15.2. The predicted octanol–water partition coefficient (Wildman–Crippen LogP) is 5.05. The molecule has 21 heavy (non-hydrogen) atoms. The summed E-state index contributed by atoms with van der Waals surface area (Å²) in [6.45, 7) is 4.75. The first-order chi connectivity index (χ1) is 10.1. The predicted molar refractivity (Wildman–Crippen MR) is 89.0 cm³/mol. The van der Waals surface area contributed by atoms with Crippen LogP contribution in [0.5, 0.6) is 17.2 Å². The molecular formula is C17H20BrNO2. The summed E-state index contributed by atoms with van der Waals surface area (Å²) in [5.41, 5.74) is 6.96. The lowest BCUT2D eigenvalue weighted by Gasteiger charge is -2.14. The van der Waals surface area contributed by atoms with E-state index in [1.54, 1.807) is 0 Å². The Bertz CT molecular complexity index is 582. The third-order valence-electron chi connectivity index (χ3n) is 2.99. The molecule has 1 unspecified atom stereocenters. The van der Waals surface area contributed by atoms with Gasteiger partial charge in [0, 0.05) is 16.1 Å². The Hall–Kier alpha value is -1.52. The van der Waals surface area contributed by atoms with Gasteiger partial charge in [0.1, 0.15) is 17.2 Å². The van der Waals surface area contributed by atoms with E-state index in [0.717, 1.165) is 40.3 Å². The molecule has 0 amide bonds. The van der Waals surface area contributed by atoms with Crippen LogP contribution in [0.2, 0.25) is 0 Å². The molecule has 0 aliphatic heterocycles. The Morgan fingerprint density at radius 3 is 2.38 bits per heavy atom. The van der Waals surface area contributed by atoms with Crippen molar-refractivity contribution in [1.29, 1.82) is 0 Å². The van der Waals surface area contributed by atoms with Gasteiger partial charge in [0.15, 0.2) is 0 Å². The summed E-state index contributed by atoms with van der Waals surface area (Å²) in [6, 6.07) is 13.4. The van der Waals surface area contributed by atoms with E-state index in [1.807, 2.05) is 49.4 Å². The monoisotopic (exact) mass is 349 g/mol. The van der Waals surface area contributed by atoms with Gasteiger partial charge in [-0.15, -0.1) is 0 Å². The molecule has 0 aliphatic rings.